The minimum absolute atomic E-state index is 0.0779. The van der Waals surface area contributed by atoms with E-state index in [1.165, 1.54) is 24.3 Å². The summed E-state index contributed by atoms with van der Waals surface area (Å²) in [6.07, 6.45) is 3.84. The molecule has 1 saturated carbocycles. The van der Waals surface area contributed by atoms with Gasteiger partial charge in [-0.1, -0.05) is 0 Å². The van der Waals surface area contributed by atoms with Crippen LogP contribution in [0.25, 0.3) is 0 Å². The van der Waals surface area contributed by atoms with Gasteiger partial charge in [0.15, 0.2) is 10.6 Å². The second-order valence-electron chi connectivity index (χ2n) is 7.24. The molecule has 0 spiro atoms. The third-order valence-electron chi connectivity index (χ3n) is 5.05. The Morgan fingerprint density at radius 3 is 2.69 bits per heavy atom. The van der Waals surface area contributed by atoms with Crippen LogP contribution in [0.3, 0.4) is 0 Å². The fraction of sp³-hybridized carbons (Fsp3) is 0.500. The number of nitrogens with zero attached hydrogens (tertiary/aromatic N) is 2. The molecular weight excluding hydrogens is 414 g/mol. The third-order valence-corrected chi connectivity index (χ3v) is 6.78. The lowest BCUT2D eigenvalue weighted by Crippen LogP contribution is -2.31. The van der Waals surface area contributed by atoms with Gasteiger partial charge in [-0.2, -0.15) is 5.10 Å². The van der Waals surface area contributed by atoms with Gasteiger partial charge in [0.05, 0.1) is 17.5 Å². The number of ether oxygens (including phenoxy) is 1. The molecule has 1 unspecified atom stereocenters. The van der Waals surface area contributed by atoms with E-state index < -0.39 is 10.0 Å². The molecule has 1 aliphatic carbocycles. The van der Waals surface area contributed by atoms with Gasteiger partial charge in [0.25, 0.3) is 5.91 Å². The van der Waals surface area contributed by atoms with Gasteiger partial charge >= 0.3 is 0 Å². The molecule has 1 atom stereocenters. The monoisotopic (exact) mass is 437 g/mol. The van der Waals surface area contributed by atoms with Crippen LogP contribution in [-0.4, -0.2) is 48.3 Å². The van der Waals surface area contributed by atoms with Gasteiger partial charge < -0.3 is 10.1 Å². The summed E-state index contributed by atoms with van der Waals surface area (Å²) in [4.78, 5) is 12.5. The number of carbonyl (C=O) groups excluding carboxylic acids is 1. The summed E-state index contributed by atoms with van der Waals surface area (Å²) >= 11 is 5.23. The lowest BCUT2D eigenvalue weighted by atomic mass is 10.2. The fourth-order valence-electron chi connectivity index (χ4n) is 3.31. The van der Waals surface area contributed by atoms with Crippen molar-refractivity contribution in [2.75, 3.05) is 13.2 Å². The number of H-pyrrole nitrogens is 1. The van der Waals surface area contributed by atoms with E-state index in [0.717, 1.165) is 25.7 Å². The minimum atomic E-state index is -3.64. The minimum Gasteiger partial charge on any atom is -0.377 e. The Morgan fingerprint density at radius 2 is 2.03 bits per heavy atom. The summed E-state index contributed by atoms with van der Waals surface area (Å²) < 4.78 is 35.3. The Labute approximate surface area is 173 Å². The Bertz CT molecular complexity index is 1030. The molecule has 11 heteroatoms. The van der Waals surface area contributed by atoms with Crippen molar-refractivity contribution in [3.05, 3.63) is 40.4 Å². The van der Waals surface area contributed by atoms with E-state index in [1.807, 2.05) is 4.57 Å². The zero-order valence-corrected chi connectivity index (χ0v) is 17.4. The average Bonchev–Trinajstić information content (AvgIpc) is 3.27. The largest absolute Gasteiger partial charge is 0.377 e. The molecule has 1 aromatic carbocycles. The molecule has 29 heavy (non-hydrogen) atoms. The molecule has 1 aromatic heterocycles. The van der Waals surface area contributed by atoms with E-state index in [2.05, 4.69) is 20.2 Å². The van der Waals surface area contributed by atoms with Gasteiger partial charge in [-0.05, 0) is 62.2 Å². The Morgan fingerprint density at radius 1 is 1.28 bits per heavy atom. The number of benzene rings is 1. The zero-order chi connectivity index (χ0) is 20.4. The maximum absolute atomic E-state index is 12.4. The van der Waals surface area contributed by atoms with Crippen LogP contribution in [0.15, 0.2) is 29.2 Å². The molecule has 4 rings (SSSR count). The number of carbonyl (C=O) groups is 1. The zero-order valence-electron chi connectivity index (χ0n) is 15.8. The number of hydrogen-bond donors (Lipinski definition) is 3. The van der Waals surface area contributed by atoms with Crippen molar-refractivity contribution in [2.45, 2.75) is 49.3 Å². The van der Waals surface area contributed by atoms with Crippen LogP contribution >= 0.6 is 12.2 Å². The third kappa shape index (κ3) is 4.74. The highest BCUT2D eigenvalue weighted by Crippen LogP contribution is 2.35. The predicted molar refractivity (Wildman–Crippen MR) is 107 cm³/mol. The first-order valence-corrected chi connectivity index (χ1v) is 11.5. The van der Waals surface area contributed by atoms with Gasteiger partial charge in [0.1, 0.15) is 0 Å². The molecule has 1 aliphatic heterocycles. The highest BCUT2D eigenvalue weighted by molar-refractivity contribution is 7.89. The standard InChI is InChI=1S/C18H23N5O4S2/c24-17(19-11-16-21-22-18(28)23(16)13-5-6-13)12-3-7-15(8-4-12)29(25,26)20-10-14-2-1-9-27-14/h3-4,7-8,13-14,20H,1-2,5-6,9-11H2,(H,19,24)(H,22,28). The van der Waals surface area contributed by atoms with Crippen molar-refractivity contribution < 1.29 is 17.9 Å². The smallest absolute Gasteiger partial charge is 0.251 e. The summed E-state index contributed by atoms with van der Waals surface area (Å²) in [6.45, 7) is 1.16. The van der Waals surface area contributed by atoms with Gasteiger partial charge in [-0.25, -0.2) is 13.1 Å². The molecule has 0 bridgehead atoms. The summed E-state index contributed by atoms with van der Waals surface area (Å²) in [6, 6.07) is 6.20. The normalized spacial score (nSPS) is 19.4. The van der Waals surface area contributed by atoms with E-state index >= 15 is 0 Å². The van der Waals surface area contributed by atoms with Gasteiger partial charge in [-0.3, -0.25) is 14.5 Å². The quantitative estimate of drug-likeness (QED) is 0.541. The first-order chi connectivity index (χ1) is 13.9. The summed E-state index contributed by atoms with van der Waals surface area (Å²) in [7, 11) is -3.64. The highest BCUT2D eigenvalue weighted by atomic mass is 32.2. The van der Waals surface area contributed by atoms with E-state index in [1.54, 1.807) is 0 Å². The maximum Gasteiger partial charge on any atom is 0.251 e. The molecule has 0 radical (unpaired) electrons. The predicted octanol–water partition coefficient (Wildman–Crippen LogP) is 1.66. The number of aromatic nitrogens is 3. The molecule has 2 aromatic rings. The number of aromatic amines is 1. The highest BCUT2D eigenvalue weighted by Gasteiger charge is 2.27. The number of nitrogens with one attached hydrogen (secondary N) is 3. The molecule has 2 fully saturated rings. The van der Waals surface area contributed by atoms with E-state index in [-0.39, 0.29) is 30.0 Å². The van der Waals surface area contributed by atoms with Gasteiger partial charge in [0, 0.05) is 24.8 Å². The first-order valence-electron chi connectivity index (χ1n) is 9.59. The van der Waals surface area contributed by atoms with Crippen molar-refractivity contribution in [3.8, 4) is 0 Å². The topological polar surface area (TPSA) is 118 Å². The van der Waals surface area contributed by atoms with E-state index in [0.29, 0.717) is 28.8 Å². The van der Waals surface area contributed by atoms with E-state index in [4.69, 9.17) is 17.0 Å². The summed E-state index contributed by atoms with van der Waals surface area (Å²) in [5, 5.41) is 9.74. The Kier molecular flexibility index (Phi) is 5.81. The fourth-order valence-corrected chi connectivity index (χ4v) is 4.68. The Balaban J connectivity index is 1.35. The average molecular weight is 438 g/mol. The van der Waals surface area contributed by atoms with Crippen LogP contribution in [0.1, 0.15) is 47.9 Å². The van der Waals surface area contributed by atoms with Crippen molar-refractivity contribution in [1.29, 1.82) is 0 Å². The lowest BCUT2D eigenvalue weighted by molar-refractivity contribution is 0.0949. The van der Waals surface area contributed by atoms with Gasteiger partial charge in [-0.15, -0.1) is 0 Å². The lowest BCUT2D eigenvalue weighted by Gasteiger charge is -2.12. The number of rotatable bonds is 8. The van der Waals surface area contributed by atoms with Crippen LogP contribution in [0, 0.1) is 4.77 Å². The molecule has 2 heterocycles. The van der Waals surface area contributed by atoms with Crippen LogP contribution < -0.4 is 10.0 Å². The maximum atomic E-state index is 12.4. The number of amides is 1. The molecular formula is C18H23N5O4S2. The van der Waals surface area contributed by atoms with Crippen molar-refractivity contribution >= 4 is 28.1 Å². The van der Waals surface area contributed by atoms with Crippen LogP contribution in [-0.2, 0) is 21.3 Å². The van der Waals surface area contributed by atoms with E-state index in [9.17, 15) is 13.2 Å². The van der Waals surface area contributed by atoms with Crippen LogP contribution in [0.2, 0.25) is 0 Å². The molecule has 156 valence electrons. The Hall–Kier alpha value is -2.08. The molecule has 1 amide bonds. The van der Waals surface area contributed by atoms with Crippen molar-refractivity contribution in [1.82, 2.24) is 24.8 Å². The molecule has 9 nitrogen and oxygen atoms in total. The van der Waals surface area contributed by atoms with Crippen molar-refractivity contribution in [3.63, 3.8) is 0 Å². The molecule has 2 aliphatic rings. The summed E-state index contributed by atoms with van der Waals surface area (Å²) in [5.41, 5.74) is 0.371. The van der Waals surface area contributed by atoms with Crippen molar-refractivity contribution in [2.24, 2.45) is 0 Å². The molecule has 3 N–H and O–H groups in total. The number of hydrogen-bond acceptors (Lipinski definition) is 6. The second kappa shape index (κ2) is 8.34. The van der Waals surface area contributed by atoms with Crippen LogP contribution in [0.5, 0.6) is 0 Å². The molecule has 1 saturated heterocycles. The number of sulfonamides is 1. The SMILES string of the molecule is O=C(NCc1n[nH]c(=S)n1C1CC1)c1ccc(S(=O)(=O)NCC2CCCO2)cc1. The van der Waals surface area contributed by atoms with Crippen LogP contribution in [0.4, 0.5) is 0 Å². The first kappa shape index (κ1) is 20.2. The second-order valence-corrected chi connectivity index (χ2v) is 9.39. The summed E-state index contributed by atoms with van der Waals surface area (Å²) in [5.74, 6) is 0.376. The van der Waals surface area contributed by atoms with Gasteiger partial charge in [0.2, 0.25) is 10.0 Å².